The van der Waals surface area contributed by atoms with Crippen molar-refractivity contribution in [2.45, 2.75) is 63.6 Å². The molecule has 1 aliphatic heterocycles. The topological polar surface area (TPSA) is 69.0 Å². The quantitative estimate of drug-likeness (QED) is 0.869. The Kier molecular flexibility index (Phi) is 4.68. The third kappa shape index (κ3) is 3.83. The lowest BCUT2D eigenvalue weighted by Crippen LogP contribution is -2.34. The Morgan fingerprint density at radius 1 is 1.16 bits per heavy atom. The molecule has 2 aromatic rings. The first kappa shape index (κ1) is 16.1. The molecular formula is C19H24N4O2. The number of fused-ring (bicyclic) bond motifs is 1. The third-order valence-electron chi connectivity index (χ3n) is 5.05. The second-order valence-electron chi connectivity index (χ2n) is 6.99. The maximum absolute atomic E-state index is 12.5. The molecule has 4 rings (SSSR count). The summed E-state index contributed by atoms with van der Waals surface area (Å²) in [6.45, 7) is 0.675. The Balaban J connectivity index is 1.35. The van der Waals surface area contributed by atoms with Crippen molar-refractivity contribution in [3.63, 3.8) is 0 Å². The van der Waals surface area contributed by atoms with Crippen LogP contribution in [0.5, 0.6) is 5.75 Å². The molecule has 0 saturated heterocycles. The molecule has 0 radical (unpaired) electrons. The molecule has 0 aromatic carbocycles. The lowest BCUT2D eigenvalue weighted by Gasteiger charge is -2.15. The molecule has 2 aliphatic rings. The average Bonchev–Trinajstić information content (AvgIpc) is 3.06. The Morgan fingerprint density at radius 3 is 2.64 bits per heavy atom. The number of hydrogen-bond acceptors (Lipinski definition) is 4. The molecule has 3 heterocycles. The van der Waals surface area contributed by atoms with Crippen molar-refractivity contribution >= 4 is 5.91 Å². The summed E-state index contributed by atoms with van der Waals surface area (Å²) in [6, 6.07) is 5.91. The lowest BCUT2D eigenvalue weighted by molar-refractivity contribution is 0.0926. The minimum Gasteiger partial charge on any atom is -0.488 e. The Labute approximate surface area is 147 Å². The summed E-state index contributed by atoms with van der Waals surface area (Å²) >= 11 is 0. The van der Waals surface area contributed by atoms with Crippen molar-refractivity contribution < 1.29 is 9.53 Å². The average molecular weight is 340 g/mol. The van der Waals surface area contributed by atoms with Crippen LogP contribution in [-0.2, 0) is 13.0 Å². The smallest absolute Gasteiger partial charge is 0.272 e. The minimum absolute atomic E-state index is 0.0413. The van der Waals surface area contributed by atoms with Crippen molar-refractivity contribution in [3.05, 3.63) is 42.0 Å². The van der Waals surface area contributed by atoms with Crippen LogP contribution in [0.1, 0.15) is 54.7 Å². The highest BCUT2D eigenvalue weighted by Gasteiger charge is 2.27. The van der Waals surface area contributed by atoms with Gasteiger partial charge in [-0.3, -0.25) is 14.5 Å². The van der Waals surface area contributed by atoms with Crippen LogP contribution in [0.4, 0.5) is 0 Å². The van der Waals surface area contributed by atoms with Gasteiger partial charge in [0, 0.05) is 30.6 Å². The van der Waals surface area contributed by atoms with Crippen LogP contribution in [0.2, 0.25) is 0 Å². The number of nitrogens with zero attached hydrogens (tertiary/aromatic N) is 3. The maximum atomic E-state index is 12.5. The summed E-state index contributed by atoms with van der Waals surface area (Å²) < 4.78 is 7.85. The molecule has 1 aliphatic carbocycles. The van der Waals surface area contributed by atoms with Gasteiger partial charge in [-0.15, -0.1) is 0 Å². The van der Waals surface area contributed by atoms with Gasteiger partial charge in [0.15, 0.2) is 0 Å². The lowest BCUT2D eigenvalue weighted by atomic mass is 10.1. The first-order valence-electron chi connectivity index (χ1n) is 9.22. The van der Waals surface area contributed by atoms with Gasteiger partial charge in [0.05, 0.1) is 6.54 Å². The van der Waals surface area contributed by atoms with E-state index < -0.39 is 0 Å². The van der Waals surface area contributed by atoms with E-state index in [1.54, 1.807) is 12.4 Å². The Morgan fingerprint density at radius 2 is 1.92 bits per heavy atom. The number of aromatic nitrogens is 3. The highest BCUT2D eigenvalue weighted by atomic mass is 16.5. The van der Waals surface area contributed by atoms with Crippen LogP contribution in [0.3, 0.4) is 0 Å². The number of rotatable bonds is 4. The predicted octanol–water partition coefficient (Wildman–Crippen LogP) is 2.73. The van der Waals surface area contributed by atoms with Crippen LogP contribution < -0.4 is 10.1 Å². The van der Waals surface area contributed by atoms with E-state index in [9.17, 15) is 4.79 Å². The van der Waals surface area contributed by atoms with E-state index in [0.29, 0.717) is 18.3 Å². The van der Waals surface area contributed by atoms with E-state index in [4.69, 9.17) is 4.74 Å². The molecule has 0 bridgehead atoms. The fraction of sp³-hybridized carbons (Fsp3) is 0.526. The first-order chi connectivity index (χ1) is 12.3. The number of pyridine rings is 1. The van der Waals surface area contributed by atoms with Crippen LogP contribution in [0, 0.1) is 0 Å². The van der Waals surface area contributed by atoms with Crippen LogP contribution in [-0.4, -0.2) is 32.8 Å². The third-order valence-corrected chi connectivity index (χ3v) is 5.05. The molecule has 2 aromatic heterocycles. The van der Waals surface area contributed by atoms with E-state index in [-0.39, 0.29) is 12.0 Å². The van der Waals surface area contributed by atoms with E-state index in [2.05, 4.69) is 15.4 Å². The summed E-state index contributed by atoms with van der Waals surface area (Å²) in [5, 5.41) is 7.65. The van der Waals surface area contributed by atoms with Gasteiger partial charge in [-0.1, -0.05) is 25.7 Å². The number of hydrogen-bond donors (Lipinski definition) is 1. The normalized spacial score (nSPS) is 20.7. The molecule has 25 heavy (non-hydrogen) atoms. The van der Waals surface area contributed by atoms with Crippen molar-refractivity contribution in [2.24, 2.45) is 0 Å². The van der Waals surface area contributed by atoms with E-state index >= 15 is 0 Å². The molecule has 6 heteroatoms. The van der Waals surface area contributed by atoms with Crippen molar-refractivity contribution in [1.82, 2.24) is 20.1 Å². The number of carbonyl (C=O) groups is 1. The second-order valence-corrected chi connectivity index (χ2v) is 6.99. The number of ether oxygens (including phenoxy) is 1. The minimum atomic E-state index is -0.0413. The van der Waals surface area contributed by atoms with Gasteiger partial charge in [0.25, 0.3) is 5.91 Å². The predicted molar refractivity (Wildman–Crippen MR) is 93.5 cm³/mol. The van der Waals surface area contributed by atoms with Crippen molar-refractivity contribution in [3.8, 4) is 5.75 Å². The van der Waals surface area contributed by atoms with E-state index in [1.807, 2.05) is 22.9 Å². The first-order valence-corrected chi connectivity index (χ1v) is 9.22. The molecule has 6 nitrogen and oxygen atoms in total. The second kappa shape index (κ2) is 7.25. The van der Waals surface area contributed by atoms with Gasteiger partial charge in [-0.2, -0.15) is 5.10 Å². The zero-order valence-corrected chi connectivity index (χ0v) is 14.4. The standard InChI is InChI=1S/C19H24N4O2/c24-19(21-14-5-3-1-2-4-6-14)18-12-15-11-17(13-23(15)22-18)25-16-7-9-20-10-8-16/h7-10,12,14,17H,1-6,11,13H2,(H,21,24)/t17-/m0/s1. The summed E-state index contributed by atoms with van der Waals surface area (Å²) in [7, 11) is 0. The summed E-state index contributed by atoms with van der Waals surface area (Å²) in [4.78, 5) is 16.5. The summed E-state index contributed by atoms with van der Waals surface area (Å²) in [6.07, 6.45) is 11.4. The molecule has 0 spiro atoms. The van der Waals surface area contributed by atoms with Crippen LogP contribution in [0.25, 0.3) is 0 Å². The van der Waals surface area contributed by atoms with E-state index in [1.165, 1.54) is 25.7 Å². The molecule has 1 N–H and O–H groups in total. The zero-order valence-electron chi connectivity index (χ0n) is 14.4. The van der Waals surface area contributed by atoms with Crippen LogP contribution >= 0.6 is 0 Å². The van der Waals surface area contributed by atoms with Gasteiger partial charge < -0.3 is 10.1 Å². The zero-order chi connectivity index (χ0) is 17.1. The maximum Gasteiger partial charge on any atom is 0.272 e. The fourth-order valence-corrected chi connectivity index (χ4v) is 3.75. The number of nitrogens with one attached hydrogen (secondary N) is 1. The Hall–Kier alpha value is -2.37. The highest BCUT2D eigenvalue weighted by molar-refractivity contribution is 5.92. The molecule has 1 saturated carbocycles. The molecule has 0 unspecified atom stereocenters. The number of amides is 1. The fourth-order valence-electron chi connectivity index (χ4n) is 3.75. The summed E-state index contributed by atoms with van der Waals surface area (Å²) in [5.74, 6) is 0.775. The van der Waals surface area contributed by atoms with E-state index in [0.717, 1.165) is 30.7 Å². The highest BCUT2D eigenvalue weighted by Crippen LogP contribution is 2.22. The Bertz CT molecular complexity index is 697. The van der Waals surface area contributed by atoms with Gasteiger partial charge in [0.1, 0.15) is 17.5 Å². The van der Waals surface area contributed by atoms with Gasteiger partial charge in [0.2, 0.25) is 0 Å². The molecular weight excluding hydrogens is 316 g/mol. The summed E-state index contributed by atoms with van der Waals surface area (Å²) in [5.41, 5.74) is 1.59. The van der Waals surface area contributed by atoms with Crippen molar-refractivity contribution in [2.75, 3.05) is 0 Å². The SMILES string of the molecule is O=C(NC1CCCCCC1)c1cc2n(n1)C[C@@H](Oc1ccncc1)C2. The molecule has 1 amide bonds. The van der Waals surface area contributed by atoms with Gasteiger partial charge in [-0.25, -0.2) is 0 Å². The van der Waals surface area contributed by atoms with Crippen molar-refractivity contribution in [1.29, 1.82) is 0 Å². The molecule has 1 fully saturated rings. The van der Waals surface area contributed by atoms with Crippen LogP contribution in [0.15, 0.2) is 30.6 Å². The monoisotopic (exact) mass is 340 g/mol. The molecule has 1 atom stereocenters. The largest absolute Gasteiger partial charge is 0.488 e. The van der Waals surface area contributed by atoms with Gasteiger partial charge >= 0.3 is 0 Å². The van der Waals surface area contributed by atoms with Gasteiger partial charge in [-0.05, 0) is 31.0 Å². The number of carbonyl (C=O) groups excluding carboxylic acids is 1. The molecule has 132 valence electrons.